The third-order valence-electron chi connectivity index (χ3n) is 2.04. The molecular formula is C11H13NO4S. The van der Waals surface area contributed by atoms with Crippen LogP contribution in [-0.4, -0.2) is 30.1 Å². The Morgan fingerprint density at radius 1 is 1.71 bits per heavy atom. The molecule has 0 aromatic carbocycles. The summed E-state index contributed by atoms with van der Waals surface area (Å²) in [5, 5.41) is 13.0. The number of methoxy groups -OCH3 is 1. The number of rotatable bonds is 6. The van der Waals surface area contributed by atoms with Crippen molar-refractivity contribution >= 4 is 23.2 Å². The van der Waals surface area contributed by atoms with Crippen molar-refractivity contribution in [3.8, 4) is 5.75 Å². The Labute approximate surface area is 103 Å². The summed E-state index contributed by atoms with van der Waals surface area (Å²) >= 11 is 1.20. The van der Waals surface area contributed by atoms with Crippen LogP contribution in [-0.2, 0) is 4.79 Å². The molecule has 0 aliphatic heterocycles. The van der Waals surface area contributed by atoms with Gasteiger partial charge in [-0.3, -0.25) is 4.79 Å². The van der Waals surface area contributed by atoms with Crippen LogP contribution in [0.15, 0.2) is 24.1 Å². The molecule has 1 aromatic rings. The van der Waals surface area contributed by atoms with Crippen LogP contribution in [0.25, 0.3) is 0 Å². The van der Waals surface area contributed by atoms with Gasteiger partial charge in [0.15, 0.2) is 0 Å². The largest absolute Gasteiger partial charge is 0.496 e. The lowest BCUT2D eigenvalue weighted by molar-refractivity contribution is -0.139. The quantitative estimate of drug-likeness (QED) is 0.756. The smallest absolute Gasteiger partial charge is 0.326 e. The first-order valence-electron chi connectivity index (χ1n) is 4.85. The lowest BCUT2D eigenvalue weighted by atomic mass is 10.2. The molecule has 5 nitrogen and oxygen atoms in total. The fourth-order valence-corrected chi connectivity index (χ4v) is 1.92. The van der Waals surface area contributed by atoms with Gasteiger partial charge >= 0.3 is 5.97 Å². The van der Waals surface area contributed by atoms with E-state index in [4.69, 9.17) is 9.84 Å². The SMILES string of the molecule is C=CCC(NC(=O)c1cc(OC)cs1)C(=O)O. The Bertz CT molecular complexity index is 427. The van der Waals surface area contributed by atoms with Crippen LogP contribution < -0.4 is 10.1 Å². The zero-order chi connectivity index (χ0) is 12.8. The minimum absolute atomic E-state index is 0.184. The molecule has 0 aliphatic carbocycles. The third kappa shape index (κ3) is 3.60. The van der Waals surface area contributed by atoms with Gasteiger partial charge < -0.3 is 15.2 Å². The van der Waals surface area contributed by atoms with Gasteiger partial charge in [-0.1, -0.05) is 6.08 Å². The van der Waals surface area contributed by atoms with E-state index < -0.39 is 17.9 Å². The van der Waals surface area contributed by atoms with Crippen molar-refractivity contribution < 1.29 is 19.4 Å². The van der Waals surface area contributed by atoms with Crippen LogP contribution >= 0.6 is 11.3 Å². The van der Waals surface area contributed by atoms with E-state index in [-0.39, 0.29) is 6.42 Å². The minimum atomic E-state index is -1.08. The molecule has 1 aromatic heterocycles. The van der Waals surface area contributed by atoms with E-state index in [0.717, 1.165) is 0 Å². The molecule has 0 saturated carbocycles. The van der Waals surface area contributed by atoms with Crippen LogP contribution in [0, 0.1) is 0 Å². The molecule has 17 heavy (non-hydrogen) atoms. The zero-order valence-electron chi connectivity index (χ0n) is 9.30. The van der Waals surface area contributed by atoms with Crippen molar-refractivity contribution in [2.75, 3.05) is 7.11 Å². The number of hydrogen-bond acceptors (Lipinski definition) is 4. The highest BCUT2D eigenvalue weighted by Crippen LogP contribution is 2.21. The van der Waals surface area contributed by atoms with E-state index in [1.54, 1.807) is 11.4 Å². The number of ether oxygens (including phenoxy) is 1. The Balaban J connectivity index is 2.69. The maximum Gasteiger partial charge on any atom is 0.326 e. The van der Waals surface area contributed by atoms with Gasteiger partial charge in [0.2, 0.25) is 0 Å². The van der Waals surface area contributed by atoms with Crippen molar-refractivity contribution in [1.29, 1.82) is 0 Å². The number of thiophene rings is 1. The molecule has 0 aliphatic rings. The maximum absolute atomic E-state index is 11.7. The first-order chi connectivity index (χ1) is 8.08. The van der Waals surface area contributed by atoms with E-state index in [0.29, 0.717) is 10.6 Å². The van der Waals surface area contributed by atoms with E-state index in [1.807, 2.05) is 0 Å². The Hall–Kier alpha value is -1.82. The first kappa shape index (κ1) is 13.2. The summed E-state index contributed by atoms with van der Waals surface area (Å²) < 4.78 is 4.94. The molecule has 6 heteroatoms. The van der Waals surface area contributed by atoms with E-state index in [9.17, 15) is 9.59 Å². The summed E-state index contributed by atoms with van der Waals surface area (Å²) in [6.07, 6.45) is 1.64. The Kier molecular flexibility index (Phi) is 4.71. The molecule has 0 spiro atoms. The Morgan fingerprint density at radius 3 is 2.88 bits per heavy atom. The second-order valence-electron chi connectivity index (χ2n) is 3.24. The molecule has 0 saturated heterocycles. The van der Waals surface area contributed by atoms with Gasteiger partial charge in [0.1, 0.15) is 11.8 Å². The number of carboxylic acid groups (broad SMARTS) is 1. The third-order valence-corrected chi connectivity index (χ3v) is 2.95. The zero-order valence-corrected chi connectivity index (χ0v) is 10.1. The van der Waals surface area contributed by atoms with Gasteiger partial charge in [0.05, 0.1) is 12.0 Å². The molecule has 1 amide bonds. The van der Waals surface area contributed by atoms with Crippen molar-refractivity contribution in [2.45, 2.75) is 12.5 Å². The van der Waals surface area contributed by atoms with Crippen molar-refractivity contribution in [2.24, 2.45) is 0 Å². The molecule has 1 atom stereocenters. The lowest BCUT2D eigenvalue weighted by Crippen LogP contribution is -2.40. The number of aliphatic carboxylic acids is 1. The molecule has 1 heterocycles. The van der Waals surface area contributed by atoms with Crippen molar-refractivity contribution in [1.82, 2.24) is 5.32 Å². The monoisotopic (exact) mass is 255 g/mol. The topological polar surface area (TPSA) is 75.6 Å². The molecule has 92 valence electrons. The lowest BCUT2D eigenvalue weighted by Gasteiger charge is -2.11. The molecule has 1 unspecified atom stereocenters. The molecule has 1 rings (SSSR count). The van der Waals surface area contributed by atoms with Gasteiger partial charge in [0.25, 0.3) is 5.91 Å². The average molecular weight is 255 g/mol. The van der Waals surface area contributed by atoms with E-state index in [1.165, 1.54) is 24.5 Å². The maximum atomic E-state index is 11.7. The number of nitrogens with one attached hydrogen (secondary N) is 1. The van der Waals surface area contributed by atoms with Gasteiger partial charge in [-0.25, -0.2) is 4.79 Å². The standard InChI is InChI=1S/C11H13NO4S/c1-3-4-8(11(14)15)12-10(13)9-5-7(16-2)6-17-9/h3,5-6,8H,1,4H2,2H3,(H,12,13)(H,14,15). The van der Waals surface area contributed by atoms with Crippen molar-refractivity contribution in [3.63, 3.8) is 0 Å². The van der Waals surface area contributed by atoms with Crippen molar-refractivity contribution in [3.05, 3.63) is 29.0 Å². The molecule has 2 N–H and O–H groups in total. The summed E-state index contributed by atoms with van der Waals surface area (Å²) in [5.41, 5.74) is 0. The fraction of sp³-hybridized carbons (Fsp3) is 0.273. The molecule has 0 fully saturated rings. The van der Waals surface area contributed by atoms with Gasteiger partial charge in [-0.2, -0.15) is 0 Å². The molecule has 0 bridgehead atoms. The highest BCUT2D eigenvalue weighted by atomic mass is 32.1. The van der Waals surface area contributed by atoms with Crippen LogP contribution in [0.4, 0.5) is 0 Å². The average Bonchev–Trinajstić information content (AvgIpc) is 2.76. The second-order valence-corrected chi connectivity index (χ2v) is 4.15. The van der Waals surface area contributed by atoms with E-state index >= 15 is 0 Å². The summed E-state index contributed by atoms with van der Waals surface area (Å²) in [5.74, 6) is -0.926. The highest BCUT2D eigenvalue weighted by Gasteiger charge is 2.20. The van der Waals surface area contributed by atoms with Crippen LogP contribution in [0.1, 0.15) is 16.1 Å². The summed E-state index contributed by atoms with van der Waals surface area (Å²) in [7, 11) is 1.50. The van der Waals surface area contributed by atoms with Gasteiger partial charge in [0, 0.05) is 11.4 Å². The number of carboxylic acids is 1. The number of carbonyl (C=O) groups excluding carboxylic acids is 1. The van der Waals surface area contributed by atoms with Gasteiger partial charge in [-0.05, 0) is 6.42 Å². The minimum Gasteiger partial charge on any atom is -0.496 e. The Morgan fingerprint density at radius 2 is 2.41 bits per heavy atom. The normalized spacial score (nSPS) is 11.6. The number of hydrogen-bond donors (Lipinski definition) is 2. The highest BCUT2D eigenvalue weighted by molar-refractivity contribution is 7.12. The van der Waals surface area contributed by atoms with Crippen LogP contribution in [0.5, 0.6) is 5.75 Å². The number of amides is 1. The summed E-state index contributed by atoms with van der Waals surface area (Å²) in [6, 6.07) is 0.611. The summed E-state index contributed by atoms with van der Waals surface area (Å²) in [4.78, 5) is 23.0. The summed E-state index contributed by atoms with van der Waals surface area (Å²) in [6.45, 7) is 3.45. The fourth-order valence-electron chi connectivity index (χ4n) is 1.16. The van der Waals surface area contributed by atoms with Gasteiger partial charge in [-0.15, -0.1) is 17.9 Å². The number of carbonyl (C=O) groups is 2. The predicted octanol–water partition coefficient (Wildman–Crippen LogP) is 1.52. The molecular weight excluding hydrogens is 242 g/mol. The van der Waals surface area contributed by atoms with Crippen LogP contribution in [0.2, 0.25) is 0 Å². The first-order valence-corrected chi connectivity index (χ1v) is 5.73. The van der Waals surface area contributed by atoms with E-state index in [2.05, 4.69) is 11.9 Å². The van der Waals surface area contributed by atoms with Crippen LogP contribution in [0.3, 0.4) is 0 Å². The predicted molar refractivity (Wildman–Crippen MR) is 64.6 cm³/mol. The second kappa shape index (κ2) is 6.05. The molecule has 0 radical (unpaired) electrons.